The van der Waals surface area contributed by atoms with Gasteiger partial charge in [-0.2, -0.15) is 0 Å². The number of aliphatic carboxylic acids is 1. The molecular weight excluding hydrogens is 180 g/mol. The molecule has 1 fully saturated rings. The molecule has 4 heteroatoms. The second kappa shape index (κ2) is 3.65. The lowest BCUT2D eigenvalue weighted by atomic mass is 9.79. The molecule has 1 saturated carbocycles. The van der Waals surface area contributed by atoms with Crippen LogP contribution in [0.4, 0.5) is 5.82 Å². The Bertz CT molecular complexity index is 326. The third-order valence-corrected chi connectivity index (χ3v) is 2.59. The predicted octanol–water partition coefficient (Wildman–Crippen LogP) is 1.36. The van der Waals surface area contributed by atoms with Crippen molar-refractivity contribution in [3.63, 3.8) is 0 Å². The number of hydrogen-bond donors (Lipinski definition) is 2. The van der Waals surface area contributed by atoms with Crippen LogP contribution < -0.4 is 5.32 Å². The Labute approximate surface area is 82.0 Å². The maximum Gasteiger partial charge on any atom is 0.308 e. The molecule has 0 bridgehead atoms. The van der Waals surface area contributed by atoms with Gasteiger partial charge in [-0.25, -0.2) is 4.98 Å². The maximum atomic E-state index is 10.7. The zero-order valence-corrected chi connectivity index (χ0v) is 7.68. The fourth-order valence-corrected chi connectivity index (χ4v) is 1.61. The minimum absolute atomic E-state index is 0.0439. The standard InChI is InChI=1S/C10H12N2O2/c13-10(14)7-4-5-8(7)12-9-3-1-2-6-11-9/h1-3,6-8H,4-5H2,(H,11,12)(H,13,14)/t7-,8?/m0/s1. The third kappa shape index (κ3) is 1.69. The summed E-state index contributed by atoms with van der Waals surface area (Å²) in [6, 6.07) is 5.60. The van der Waals surface area contributed by atoms with Crippen LogP contribution in [0.3, 0.4) is 0 Å². The number of nitrogens with one attached hydrogen (secondary N) is 1. The summed E-state index contributed by atoms with van der Waals surface area (Å²) < 4.78 is 0. The first-order chi connectivity index (χ1) is 6.77. The van der Waals surface area contributed by atoms with Crippen molar-refractivity contribution in [1.82, 2.24) is 4.98 Å². The molecule has 0 aromatic carbocycles. The molecule has 1 aromatic heterocycles. The largest absolute Gasteiger partial charge is 0.481 e. The van der Waals surface area contributed by atoms with Crippen molar-refractivity contribution in [2.75, 3.05) is 5.32 Å². The van der Waals surface area contributed by atoms with Gasteiger partial charge in [0.15, 0.2) is 0 Å². The second-order valence-electron chi connectivity index (χ2n) is 3.49. The Balaban J connectivity index is 1.96. The lowest BCUT2D eigenvalue weighted by Crippen LogP contribution is -2.43. The summed E-state index contributed by atoms with van der Waals surface area (Å²) in [4.78, 5) is 14.8. The maximum absolute atomic E-state index is 10.7. The van der Waals surface area contributed by atoms with E-state index in [0.717, 1.165) is 18.7 Å². The molecule has 2 rings (SSSR count). The molecule has 4 nitrogen and oxygen atoms in total. The lowest BCUT2D eigenvalue weighted by Gasteiger charge is -2.34. The van der Waals surface area contributed by atoms with Gasteiger partial charge in [-0.1, -0.05) is 6.07 Å². The van der Waals surface area contributed by atoms with E-state index < -0.39 is 5.97 Å². The van der Waals surface area contributed by atoms with E-state index in [1.807, 2.05) is 18.2 Å². The van der Waals surface area contributed by atoms with Crippen molar-refractivity contribution in [1.29, 1.82) is 0 Å². The third-order valence-electron chi connectivity index (χ3n) is 2.59. The molecule has 1 unspecified atom stereocenters. The average molecular weight is 192 g/mol. The van der Waals surface area contributed by atoms with Crippen LogP contribution in [-0.2, 0) is 4.79 Å². The van der Waals surface area contributed by atoms with E-state index in [9.17, 15) is 4.79 Å². The van der Waals surface area contributed by atoms with Gasteiger partial charge in [-0.3, -0.25) is 4.79 Å². The van der Waals surface area contributed by atoms with Gasteiger partial charge in [0.05, 0.1) is 5.92 Å². The molecule has 0 saturated heterocycles. The first-order valence-electron chi connectivity index (χ1n) is 4.68. The van der Waals surface area contributed by atoms with Crippen molar-refractivity contribution in [3.8, 4) is 0 Å². The zero-order valence-electron chi connectivity index (χ0n) is 7.68. The van der Waals surface area contributed by atoms with Gasteiger partial charge in [0, 0.05) is 12.2 Å². The molecular formula is C10H12N2O2. The van der Waals surface area contributed by atoms with Crippen LogP contribution in [0.2, 0.25) is 0 Å². The minimum Gasteiger partial charge on any atom is -0.481 e. The SMILES string of the molecule is O=C(O)[C@H]1CCC1Nc1ccccn1. The minimum atomic E-state index is -0.718. The number of carbonyl (C=O) groups is 1. The molecule has 14 heavy (non-hydrogen) atoms. The van der Waals surface area contributed by atoms with Crippen LogP contribution in [0.5, 0.6) is 0 Å². The van der Waals surface area contributed by atoms with Gasteiger partial charge < -0.3 is 10.4 Å². The van der Waals surface area contributed by atoms with Crippen LogP contribution in [0.25, 0.3) is 0 Å². The van der Waals surface area contributed by atoms with Crippen LogP contribution in [0.1, 0.15) is 12.8 Å². The molecule has 0 radical (unpaired) electrons. The van der Waals surface area contributed by atoms with Crippen LogP contribution in [-0.4, -0.2) is 22.1 Å². The normalized spacial score (nSPS) is 25.1. The van der Waals surface area contributed by atoms with E-state index in [-0.39, 0.29) is 12.0 Å². The topological polar surface area (TPSA) is 62.2 Å². The van der Waals surface area contributed by atoms with Crippen molar-refractivity contribution < 1.29 is 9.90 Å². The summed E-state index contributed by atoms with van der Waals surface area (Å²) in [7, 11) is 0. The van der Waals surface area contributed by atoms with E-state index in [1.165, 1.54) is 0 Å². The van der Waals surface area contributed by atoms with Gasteiger partial charge in [0.1, 0.15) is 5.82 Å². The van der Waals surface area contributed by atoms with E-state index in [4.69, 9.17) is 5.11 Å². The summed E-state index contributed by atoms with van der Waals surface area (Å²) in [5, 5.41) is 11.9. The molecule has 1 aliphatic carbocycles. The fourth-order valence-electron chi connectivity index (χ4n) is 1.61. The van der Waals surface area contributed by atoms with Crippen molar-refractivity contribution in [2.45, 2.75) is 18.9 Å². The van der Waals surface area contributed by atoms with Gasteiger partial charge in [0.25, 0.3) is 0 Å². The number of carboxylic acids is 1. The first kappa shape index (κ1) is 8.99. The second-order valence-corrected chi connectivity index (χ2v) is 3.49. The first-order valence-corrected chi connectivity index (χ1v) is 4.68. The summed E-state index contributed by atoms with van der Waals surface area (Å²) in [5.74, 6) is -0.217. The van der Waals surface area contributed by atoms with Crippen molar-refractivity contribution in [3.05, 3.63) is 24.4 Å². The molecule has 0 aliphatic heterocycles. The Morgan fingerprint density at radius 1 is 1.50 bits per heavy atom. The van der Waals surface area contributed by atoms with Gasteiger partial charge in [0.2, 0.25) is 0 Å². The highest BCUT2D eigenvalue weighted by atomic mass is 16.4. The molecule has 1 aromatic rings. The van der Waals surface area contributed by atoms with Gasteiger partial charge in [-0.05, 0) is 25.0 Å². The number of aromatic nitrogens is 1. The number of carboxylic acid groups (broad SMARTS) is 1. The average Bonchev–Trinajstić information content (AvgIpc) is 2.13. The van der Waals surface area contributed by atoms with E-state index in [1.54, 1.807) is 6.20 Å². The van der Waals surface area contributed by atoms with Crippen LogP contribution >= 0.6 is 0 Å². The Morgan fingerprint density at radius 2 is 2.36 bits per heavy atom. The predicted molar refractivity (Wildman–Crippen MR) is 52.0 cm³/mol. The van der Waals surface area contributed by atoms with Crippen molar-refractivity contribution in [2.24, 2.45) is 5.92 Å². The fraction of sp³-hybridized carbons (Fsp3) is 0.400. The number of anilines is 1. The number of hydrogen-bond acceptors (Lipinski definition) is 3. The molecule has 2 atom stereocenters. The van der Waals surface area contributed by atoms with Crippen LogP contribution in [0, 0.1) is 5.92 Å². The highest BCUT2D eigenvalue weighted by Gasteiger charge is 2.36. The summed E-state index contributed by atoms with van der Waals surface area (Å²) >= 11 is 0. The summed E-state index contributed by atoms with van der Waals surface area (Å²) in [6.45, 7) is 0. The highest BCUT2D eigenvalue weighted by Crippen LogP contribution is 2.29. The smallest absolute Gasteiger partial charge is 0.308 e. The molecule has 74 valence electrons. The Kier molecular flexibility index (Phi) is 2.35. The number of pyridine rings is 1. The zero-order chi connectivity index (χ0) is 9.97. The summed E-state index contributed by atoms with van der Waals surface area (Å²) in [5.41, 5.74) is 0. The number of rotatable bonds is 3. The monoisotopic (exact) mass is 192 g/mol. The molecule has 2 N–H and O–H groups in total. The highest BCUT2D eigenvalue weighted by molar-refractivity contribution is 5.72. The molecule has 1 aliphatic rings. The van der Waals surface area contributed by atoms with Crippen LogP contribution in [0.15, 0.2) is 24.4 Å². The van der Waals surface area contributed by atoms with E-state index >= 15 is 0 Å². The Hall–Kier alpha value is -1.58. The molecule has 0 amide bonds. The van der Waals surface area contributed by atoms with Gasteiger partial charge in [-0.15, -0.1) is 0 Å². The molecule has 0 spiro atoms. The van der Waals surface area contributed by atoms with E-state index in [0.29, 0.717) is 0 Å². The van der Waals surface area contributed by atoms with Gasteiger partial charge >= 0.3 is 5.97 Å². The number of nitrogens with zero attached hydrogens (tertiary/aromatic N) is 1. The Morgan fingerprint density at radius 3 is 2.86 bits per heavy atom. The van der Waals surface area contributed by atoms with Crippen molar-refractivity contribution >= 4 is 11.8 Å². The van der Waals surface area contributed by atoms with E-state index in [2.05, 4.69) is 10.3 Å². The summed E-state index contributed by atoms with van der Waals surface area (Å²) in [6.07, 6.45) is 3.37. The molecule has 1 heterocycles. The quantitative estimate of drug-likeness (QED) is 0.759. The lowest BCUT2D eigenvalue weighted by molar-refractivity contribution is -0.144.